The first kappa shape index (κ1) is 16.6. The van der Waals surface area contributed by atoms with Gasteiger partial charge in [0.2, 0.25) is 0 Å². The zero-order valence-electron chi connectivity index (χ0n) is 13.3. The van der Waals surface area contributed by atoms with E-state index in [1.54, 1.807) is 0 Å². The average molecular weight is 356 g/mol. The molecule has 2 heterocycles. The van der Waals surface area contributed by atoms with Gasteiger partial charge in [0, 0.05) is 43.4 Å². The van der Waals surface area contributed by atoms with Gasteiger partial charge in [0.05, 0.1) is 0 Å². The number of hydrogen-bond donors (Lipinski definition) is 0. The maximum atomic E-state index is 12.7. The zero-order valence-corrected chi connectivity index (χ0v) is 14.9. The molecule has 2 rings (SSSR count). The molecule has 21 heavy (non-hydrogen) atoms. The highest BCUT2D eigenvalue weighted by atomic mass is 79.9. The molecule has 0 bridgehead atoms. The Kier molecular flexibility index (Phi) is 5.88. The van der Waals surface area contributed by atoms with Gasteiger partial charge in [-0.1, -0.05) is 6.92 Å². The zero-order chi connectivity index (χ0) is 15.4. The number of likely N-dealkylation sites (tertiary alicyclic amines) is 1. The quantitative estimate of drug-likeness (QED) is 0.811. The van der Waals surface area contributed by atoms with E-state index in [9.17, 15) is 4.79 Å². The van der Waals surface area contributed by atoms with Crippen molar-refractivity contribution in [1.29, 1.82) is 0 Å². The lowest BCUT2D eigenvalue weighted by Gasteiger charge is -2.36. The molecule has 0 spiro atoms. The van der Waals surface area contributed by atoms with Crippen molar-refractivity contribution in [2.45, 2.75) is 45.7 Å². The van der Waals surface area contributed by atoms with Crippen LogP contribution >= 0.6 is 15.9 Å². The summed E-state index contributed by atoms with van der Waals surface area (Å²) >= 11 is 3.46. The largest absolute Gasteiger partial charge is 0.343 e. The summed E-state index contributed by atoms with van der Waals surface area (Å²) in [5.41, 5.74) is 0.780. The highest BCUT2D eigenvalue weighted by molar-refractivity contribution is 9.10. The standard InChI is InChI=1S/C16H26BrN3O/c1-4-8-19-9-6-14(7-10-19)18(3)16(21)15-11-13(17)12-20(15)5-2/h11-12,14H,4-10H2,1-3H3. The van der Waals surface area contributed by atoms with Crippen LogP contribution in [0.4, 0.5) is 0 Å². The molecule has 1 aliphatic heterocycles. The minimum absolute atomic E-state index is 0.136. The Hall–Kier alpha value is -0.810. The van der Waals surface area contributed by atoms with Crippen molar-refractivity contribution in [1.82, 2.24) is 14.4 Å². The summed E-state index contributed by atoms with van der Waals surface area (Å²) in [6, 6.07) is 2.29. The van der Waals surface area contributed by atoms with E-state index in [-0.39, 0.29) is 5.91 Å². The van der Waals surface area contributed by atoms with Gasteiger partial charge in [-0.3, -0.25) is 4.79 Å². The first-order chi connectivity index (χ1) is 10.1. The number of amides is 1. The van der Waals surface area contributed by atoms with Crippen LogP contribution in [-0.4, -0.2) is 53.0 Å². The van der Waals surface area contributed by atoms with Gasteiger partial charge in [-0.15, -0.1) is 0 Å². The summed E-state index contributed by atoms with van der Waals surface area (Å²) in [5.74, 6) is 0.136. The SMILES string of the molecule is CCCN1CCC(N(C)C(=O)c2cc(Br)cn2CC)CC1. The third-order valence-corrected chi connectivity index (χ3v) is 4.82. The van der Waals surface area contributed by atoms with Crippen molar-refractivity contribution in [3.63, 3.8) is 0 Å². The molecule has 0 N–H and O–H groups in total. The second-order valence-electron chi connectivity index (χ2n) is 5.82. The Bertz CT molecular complexity index is 478. The summed E-state index contributed by atoms with van der Waals surface area (Å²) in [5, 5.41) is 0. The van der Waals surface area contributed by atoms with E-state index < -0.39 is 0 Å². The molecule has 5 heteroatoms. The Morgan fingerprint density at radius 2 is 2.05 bits per heavy atom. The van der Waals surface area contributed by atoms with Crippen LogP contribution in [0.1, 0.15) is 43.6 Å². The second-order valence-corrected chi connectivity index (χ2v) is 6.73. The van der Waals surface area contributed by atoms with Gasteiger partial charge in [-0.25, -0.2) is 0 Å². The van der Waals surface area contributed by atoms with E-state index in [4.69, 9.17) is 0 Å². The van der Waals surface area contributed by atoms with E-state index in [0.29, 0.717) is 6.04 Å². The molecule has 4 nitrogen and oxygen atoms in total. The monoisotopic (exact) mass is 355 g/mol. The number of halogens is 1. The fraction of sp³-hybridized carbons (Fsp3) is 0.688. The lowest BCUT2D eigenvalue weighted by Crippen LogP contribution is -2.46. The van der Waals surface area contributed by atoms with E-state index in [2.05, 4.69) is 34.7 Å². The van der Waals surface area contributed by atoms with Crippen LogP contribution in [0.3, 0.4) is 0 Å². The molecule has 1 aliphatic rings. The Labute approximate surface area is 136 Å². The lowest BCUT2D eigenvalue weighted by molar-refractivity contribution is 0.0632. The predicted octanol–water partition coefficient (Wildman–Crippen LogP) is 3.22. The number of hydrogen-bond acceptors (Lipinski definition) is 2. The summed E-state index contributed by atoms with van der Waals surface area (Å²) in [7, 11) is 1.95. The molecule has 1 amide bonds. The van der Waals surface area contributed by atoms with Crippen molar-refractivity contribution in [3.05, 3.63) is 22.4 Å². The number of piperidine rings is 1. The molecule has 0 aromatic carbocycles. The van der Waals surface area contributed by atoms with Gasteiger partial charge >= 0.3 is 0 Å². The van der Waals surface area contributed by atoms with E-state index in [0.717, 1.165) is 42.6 Å². The number of aromatic nitrogens is 1. The van der Waals surface area contributed by atoms with Crippen molar-refractivity contribution in [2.24, 2.45) is 0 Å². The molecule has 1 fully saturated rings. The van der Waals surface area contributed by atoms with Gasteiger partial charge in [-0.05, 0) is 54.7 Å². The Morgan fingerprint density at radius 1 is 1.38 bits per heavy atom. The summed E-state index contributed by atoms with van der Waals surface area (Å²) in [6.45, 7) is 8.49. The van der Waals surface area contributed by atoms with Crippen LogP contribution in [0.5, 0.6) is 0 Å². The first-order valence-corrected chi connectivity index (χ1v) is 8.71. The topological polar surface area (TPSA) is 28.5 Å². The predicted molar refractivity (Wildman–Crippen MR) is 89.7 cm³/mol. The van der Waals surface area contributed by atoms with Crippen molar-refractivity contribution >= 4 is 21.8 Å². The van der Waals surface area contributed by atoms with Crippen LogP contribution in [0.25, 0.3) is 0 Å². The Morgan fingerprint density at radius 3 is 2.62 bits per heavy atom. The Balaban J connectivity index is 2.00. The molecule has 0 radical (unpaired) electrons. The highest BCUT2D eigenvalue weighted by Crippen LogP contribution is 2.21. The fourth-order valence-corrected chi connectivity index (χ4v) is 3.57. The average Bonchev–Trinajstić information content (AvgIpc) is 2.88. The van der Waals surface area contributed by atoms with Gasteiger partial charge in [-0.2, -0.15) is 0 Å². The molecule has 1 aromatic heterocycles. The maximum Gasteiger partial charge on any atom is 0.270 e. The second kappa shape index (κ2) is 7.45. The van der Waals surface area contributed by atoms with Gasteiger partial charge < -0.3 is 14.4 Å². The molecule has 1 aromatic rings. The number of carbonyl (C=O) groups is 1. The number of rotatable bonds is 5. The van der Waals surface area contributed by atoms with Crippen LogP contribution in [0, 0.1) is 0 Å². The summed E-state index contributed by atoms with van der Waals surface area (Å²) in [4.78, 5) is 17.2. The third-order valence-electron chi connectivity index (χ3n) is 4.39. The molecular weight excluding hydrogens is 330 g/mol. The minimum Gasteiger partial charge on any atom is -0.343 e. The molecule has 0 saturated carbocycles. The van der Waals surface area contributed by atoms with E-state index in [1.807, 2.05) is 28.8 Å². The normalized spacial score (nSPS) is 17.1. The van der Waals surface area contributed by atoms with Gasteiger partial charge in [0.1, 0.15) is 5.69 Å². The van der Waals surface area contributed by atoms with Gasteiger partial charge in [0.15, 0.2) is 0 Å². The first-order valence-electron chi connectivity index (χ1n) is 7.92. The third kappa shape index (κ3) is 3.89. The molecule has 0 unspecified atom stereocenters. The fourth-order valence-electron chi connectivity index (χ4n) is 3.11. The van der Waals surface area contributed by atoms with Crippen molar-refractivity contribution in [2.75, 3.05) is 26.7 Å². The molecule has 118 valence electrons. The number of aryl methyl sites for hydroxylation is 1. The molecule has 0 aliphatic carbocycles. The summed E-state index contributed by atoms with van der Waals surface area (Å²) < 4.78 is 2.98. The van der Waals surface area contributed by atoms with Crippen LogP contribution in [0.2, 0.25) is 0 Å². The van der Waals surface area contributed by atoms with Crippen LogP contribution in [0.15, 0.2) is 16.7 Å². The number of carbonyl (C=O) groups excluding carboxylic acids is 1. The van der Waals surface area contributed by atoms with Crippen LogP contribution in [-0.2, 0) is 6.54 Å². The molecule has 0 atom stereocenters. The highest BCUT2D eigenvalue weighted by Gasteiger charge is 2.27. The number of nitrogens with zero attached hydrogens (tertiary/aromatic N) is 3. The smallest absolute Gasteiger partial charge is 0.270 e. The van der Waals surface area contributed by atoms with Gasteiger partial charge in [0.25, 0.3) is 5.91 Å². The van der Waals surface area contributed by atoms with E-state index >= 15 is 0 Å². The van der Waals surface area contributed by atoms with Crippen molar-refractivity contribution < 1.29 is 4.79 Å². The van der Waals surface area contributed by atoms with E-state index in [1.165, 1.54) is 13.0 Å². The molecular formula is C16H26BrN3O. The van der Waals surface area contributed by atoms with Crippen molar-refractivity contribution in [3.8, 4) is 0 Å². The molecule has 1 saturated heterocycles. The summed E-state index contributed by atoms with van der Waals surface area (Å²) in [6.07, 6.45) is 5.34. The maximum absolute atomic E-state index is 12.7. The minimum atomic E-state index is 0.136. The lowest BCUT2D eigenvalue weighted by atomic mass is 10.0. The van der Waals surface area contributed by atoms with Crippen LogP contribution < -0.4 is 0 Å².